The highest BCUT2D eigenvalue weighted by molar-refractivity contribution is 5.90. The van der Waals surface area contributed by atoms with Gasteiger partial charge in [0.1, 0.15) is 12.2 Å². The van der Waals surface area contributed by atoms with Crippen molar-refractivity contribution in [1.29, 1.82) is 0 Å². The fourth-order valence-electron chi connectivity index (χ4n) is 3.30. The highest BCUT2D eigenvalue weighted by atomic mass is 16.6. The Morgan fingerprint density at radius 1 is 1.53 bits per heavy atom. The number of carbonyl (C=O) groups is 1. The van der Waals surface area contributed by atoms with Crippen molar-refractivity contribution in [2.24, 2.45) is 5.92 Å². The van der Waals surface area contributed by atoms with Crippen LogP contribution >= 0.6 is 0 Å². The number of carbonyl (C=O) groups excluding carboxylic acids is 1. The standard InChI is InChI=1S/C15H20O4/c1-9-11-6-5-10-4-3-7-15(2,18-8-10)13(16)12(11)19-14(9)17/h4,11-13,16H,1,3,5-8H2,2H3/t11-,12-,13-,15-/m0/s1. The Morgan fingerprint density at radius 3 is 3.11 bits per heavy atom. The van der Waals surface area contributed by atoms with E-state index in [0.29, 0.717) is 12.2 Å². The highest BCUT2D eigenvalue weighted by Gasteiger charge is 2.50. The zero-order valence-corrected chi connectivity index (χ0v) is 11.2. The molecule has 0 aromatic rings. The van der Waals surface area contributed by atoms with Crippen molar-refractivity contribution >= 4 is 5.97 Å². The first-order valence-corrected chi connectivity index (χ1v) is 6.91. The van der Waals surface area contributed by atoms with E-state index in [-0.39, 0.29) is 11.9 Å². The summed E-state index contributed by atoms with van der Waals surface area (Å²) in [5, 5.41) is 10.6. The molecule has 4 atom stereocenters. The molecule has 0 amide bonds. The molecule has 1 N–H and O–H groups in total. The first-order chi connectivity index (χ1) is 9.01. The van der Waals surface area contributed by atoms with Gasteiger partial charge in [0.25, 0.3) is 0 Å². The van der Waals surface area contributed by atoms with Crippen molar-refractivity contribution in [1.82, 2.24) is 0 Å². The fourth-order valence-corrected chi connectivity index (χ4v) is 3.30. The van der Waals surface area contributed by atoms with E-state index < -0.39 is 17.8 Å². The predicted molar refractivity (Wildman–Crippen MR) is 69.4 cm³/mol. The lowest BCUT2D eigenvalue weighted by Crippen LogP contribution is -2.50. The Hall–Kier alpha value is -1.13. The molecule has 3 aliphatic rings. The zero-order valence-electron chi connectivity index (χ0n) is 11.2. The maximum absolute atomic E-state index is 11.7. The van der Waals surface area contributed by atoms with Gasteiger partial charge in [-0.05, 0) is 38.2 Å². The van der Waals surface area contributed by atoms with Crippen LogP contribution in [0.25, 0.3) is 0 Å². The first kappa shape index (κ1) is 12.9. The molecule has 0 saturated carbocycles. The van der Waals surface area contributed by atoms with Crippen molar-refractivity contribution in [2.45, 2.75) is 50.4 Å². The van der Waals surface area contributed by atoms with Gasteiger partial charge in [0.15, 0.2) is 0 Å². The summed E-state index contributed by atoms with van der Waals surface area (Å²) < 4.78 is 11.3. The summed E-state index contributed by atoms with van der Waals surface area (Å²) in [6.45, 7) is 6.30. The summed E-state index contributed by atoms with van der Waals surface area (Å²) in [4.78, 5) is 11.7. The minimum Gasteiger partial charge on any atom is -0.455 e. The average Bonchev–Trinajstić information content (AvgIpc) is 2.57. The van der Waals surface area contributed by atoms with Gasteiger partial charge in [-0.3, -0.25) is 0 Å². The van der Waals surface area contributed by atoms with Crippen molar-refractivity contribution in [3.8, 4) is 0 Å². The molecular weight excluding hydrogens is 244 g/mol. The van der Waals surface area contributed by atoms with Gasteiger partial charge in [-0.1, -0.05) is 12.7 Å². The normalized spacial score (nSPS) is 42.6. The van der Waals surface area contributed by atoms with Crippen molar-refractivity contribution < 1.29 is 19.4 Å². The Kier molecular flexibility index (Phi) is 3.02. The minimum absolute atomic E-state index is 0.0926. The SMILES string of the molecule is C=C1C(=O)O[C@H]2[C@H]1CCC1=CCC[C@](C)(OC1)[C@H]2O. The average molecular weight is 264 g/mol. The molecule has 0 spiro atoms. The summed E-state index contributed by atoms with van der Waals surface area (Å²) in [5.74, 6) is -0.466. The molecule has 19 heavy (non-hydrogen) atoms. The largest absolute Gasteiger partial charge is 0.455 e. The lowest BCUT2D eigenvalue weighted by Gasteiger charge is -2.36. The van der Waals surface area contributed by atoms with E-state index in [9.17, 15) is 9.90 Å². The van der Waals surface area contributed by atoms with Crippen LogP contribution in [-0.2, 0) is 14.3 Å². The van der Waals surface area contributed by atoms with Crippen LogP contribution in [0.15, 0.2) is 23.8 Å². The second-order valence-electron chi connectivity index (χ2n) is 5.99. The summed E-state index contributed by atoms with van der Waals surface area (Å²) >= 11 is 0. The number of fused-ring (bicyclic) bond motifs is 4. The third kappa shape index (κ3) is 2.03. The second kappa shape index (κ2) is 4.46. The summed E-state index contributed by atoms with van der Waals surface area (Å²) in [5.41, 5.74) is 1.09. The van der Waals surface area contributed by atoms with Crippen molar-refractivity contribution in [2.75, 3.05) is 6.61 Å². The Morgan fingerprint density at radius 2 is 2.32 bits per heavy atom. The first-order valence-electron chi connectivity index (χ1n) is 6.91. The number of ether oxygens (including phenoxy) is 2. The van der Waals surface area contributed by atoms with E-state index in [1.807, 2.05) is 6.92 Å². The molecule has 0 aliphatic carbocycles. The number of aliphatic hydroxyl groups is 1. The van der Waals surface area contributed by atoms with Gasteiger partial charge < -0.3 is 14.6 Å². The lowest BCUT2D eigenvalue weighted by atomic mass is 9.81. The number of rotatable bonds is 0. The summed E-state index contributed by atoms with van der Waals surface area (Å²) in [7, 11) is 0. The molecule has 4 nitrogen and oxygen atoms in total. The monoisotopic (exact) mass is 264 g/mol. The topological polar surface area (TPSA) is 55.8 Å². The van der Waals surface area contributed by atoms with Crippen LogP contribution in [-0.4, -0.2) is 35.5 Å². The van der Waals surface area contributed by atoms with Crippen LogP contribution in [0.5, 0.6) is 0 Å². The molecule has 3 rings (SSSR count). The zero-order chi connectivity index (χ0) is 13.6. The van der Waals surface area contributed by atoms with E-state index in [2.05, 4.69) is 12.7 Å². The van der Waals surface area contributed by atoms with Gasteiger partial charge in [-0.25, -0.2) is 4.79 Å². The minimum atomic E-state index is -0.799. The van der Waals surface area contributed by atoms with Gasteiger partial charge in [0.05, 0.1) is 12.2 Å². The maximum Gasteiger partial charge on any atom is 0.334 e. The van der Waals surface area contributed by atoms with Crippen LogP contribution in [0, 0.1) is 5.92 Å². The molecular formula is C15H20O4. The van der Waals surface area contributed by atoms with Crippen LogP contribution in [0.4, 0.5) is 0 Å². The van der Waals surface area contributed by atoms with Crippen LogP contribution in [0.2, 0.25) is 0 Å². The van der Waals surface area contributed by atoms with Gasteiger partial charge in [0.2, 0.25) is 0 Å². The van der Waals surface area contributed by atoms with Crippen LogP contribution in [0.1, 0.15) is 32.6 Å². The second-order valence-corrected chi connectivity index (χ2v) is 5.99. The third-order valence-electron chi connectivity index (χ3n) is 4.72. The van der Waals surface area contributed by atoms with Crippen molar-refractivity contribution in [3.63, 3.8) is 0 Å². The molecule has 2 saturated heterocycles. The molecule has 0 aromatic heterocycles. The highest BCUT2D eigenvalue weighted by Crippen LogP contribution is 2.41. The van der Waals surface area contributed by atoms with Gasteiger partial charge in [-0.2, -0.15) is 0 Å². The molecule has 4 heteroatoms. The summed E-state index contributed by atoms with van der Waals surface area (Å²) in [6.07, 6.45) is 4.20. The fraction of sp³-hybridized carbons (Fsp3) is 0.667. The maximum atomic E-state index is 11.7. The molecule has 2 bridgehead atoms. The van der Waals surface area contributed by atoms with E-state index in [0.717, 1.165) is 25.7 Å². The molecule has 0 unspecified atom stereocenters. The molecule has 2 fully saturated rings. The third-order valence-corrected chi connectivity index (χ3v) is 4.72. The van der Waals surface area contributed by atoms with Crippen LogP contribution in [0.3, 0.4) is 0 Å². The number of allylic oxidation sites excluding steroid dienone is 1. The van der Waals surface area contributed by atoms with E-state index >= 15 is 0 Å². The quantitative estimate of drug-likeness (QED) is 0.411. The van der Waals surface area contributed by atoms with Gasteiger partial charge >= 0.3 is 5.97 Å². The number of esters is 1. The Bertz CT molecular complexity index is 453. The van der Waals surface area contributed by atoms with E-state index in [1.165, 1.54) is 5.57 Å². The van der Waals surface area contributed by atoms with E-state index in [4.69, 9.17) is 9.47 Å². The molecule has 0 aromatic carbocycles. The Balaban J connectivity index is 1.98. The Labute approximate surface area is 113 Å². The van der Waals surface area contributed by atoms with E-state index in [1.54, 1.807) is 0 Å². The predicted octanol–water partition coefficient (Wildman–Crippen LogP) is 1.73. The molecule has 0 radical (unpaired) electrons. The molecule has 3 aliphatic heterocycles. The summed E-state index contributed by atoms with van der Waals surface area (Å²) in [6, 6.07) is 0. The molecule has 104 valence electrons. The van der Waals surface area contributed by atoms with Crippen molar-refractivity contribution in [3.05, 3.63) is 23.8 Å². The van der Waals surface area contributed by atoms with Gasteiger partial charge in [-0.15, -0.1) is 0 Å². The molecule has 3 heterocycles. The smallest absolute Gasteiger partial charge is 0.334 e. The number of hydrogen-bond donors (Lipinski definition) is 1. The lowest BCUT2D eigenvalue weighted by molar-refractivity contribution is -0.168. The van der Waals surface area contributed by atoms with Gasteiger partial charge in [0, 0.05) is 11.5 Å². The number of aliphatic hydroxyl groups excluding tert-OH is 1. The number of hydrogen-bond acceptors (Lipinski definition) is 4. The van der Waals surface area contributed by atoms with Crippen LogP contribution < -0.4 is 0 Å².